The fourth-order valence-electron chi connectivity index (χ4n) is 5.92. The summed E-state index contributed by atoms with van der Waals surface area (Å²) in [4.78, 5) is 24.3. The van der Waals surface area contributed by atoms with Crippen molar-refractivity contribution in [3.05, 3.63) is 0 Å². The molecular formula is C17H26O3. The van der Waals surface area contributed by atoms with Crippen molar-refractivity contribution < 1.29 is 14.7 Å². The lowest BCUT2D eigenvalue weighted by atomic mass is 9.41. The van der Waals surface area contributed by atoms with Crippen molar-refractivity contribution >= 4 is 12.1 Å². The van der Waals surface area contributed by atoms with E-state index in [-0.39, 0.29) is 16.7 Å². The Morgan fingerprint density at radius 1 is 1.15 bits per heavy atom. The van der Waals surface area contributed by atoms with E-state index in [0.29, 0.717) is 24.5 Å². The zero-order valence-electron chi connectivity index (χ0n) is 12.8. The Bertz CT molecular complexity index is 459. The first-order valence-corrected chi connectivity index (χ1v) is 7.98. The molecule has 0 amide bonds. The smallest absolute Gasteiger partial charge is 0.139 e. The highest BCUT2D eigenvalue weighted by Crippen LogP contribution is 2.68. The van der Waals surface area contributed by atoms with E-state index in [1.807, 2.05) is 6.92 Å². The Hall–Kier alpha value is -0.700. The molecule has 0 bridgehead atoms. The second-order valence-corrected chi connectivity index (χ2v) is 7.95. The fourth-order valence-corrected chi connectivity index (χ4v) is 5.92. The first-order valence-electron chi connectivity index (χ1n) is 7.98. The second kappa shape index (κ2) is 4.16. The number of carbonyl (C=O) groups excluding carboxylic acids is 2. The molecule has 0 saturated heterocycles. The van der Waals surface area contributed by atoms with Gasteiger partial charge in [-0.3, -0.25) is 4.79 Å². The maximum atomic E-state index is 12.6. The molecule has 3 nitrogen and oxygen atoms in total. The van der Waals surface area contributed by atoms with Crippen molar-refractivity contribution in [2.45, 2.75) is 65.4 Å². The first kappa shape index (κ1) is 14.2. The summed E-state index contributed by atoms with van der Waals surface area (Å²) in [7, 11) is 0. The molecule has 0 unspecified atom stereocenters. The monoisotopic (exact) mass is 278 g/mol. The van der Waals surface area contributed by atoms with Gasteiger partial charge in [0.1, 0.15) is 12.1 Å². The number of hydrogen-bond donors (Lipinski definition) is 1. The molecule has 1 N–H and O–H groups in total. The summed E-state index contributed by atoms with van der Waals surface area (Å²) >= 11 is 0. The molecule has 20 heavy (non-hydrogen) atoms. The number of fused-ring (bicyclic) bond motifs is 3. The van der Waals surface area contributed by atoms with Crippen molar-refractivity contribution in [2.75, 3.05) is 0 Å². The molecule has 0 aliphatic heterocycles. The number of aliphatic hydroxyl groups excluding tert-OH is 1. The molecule has 3 heteroatoms. The zero-order valence-corrected chi connectivity index (χ0v) is 12.8. The van der Waals surface area contributed by atoms with Gasteiger partial charge in [0.05, 0.1) is 11.5 Å². The molecule has 112 valence electrons. The summed E-state index contributed by atoms with van der Waals surface area (Å²) in [5.41, 5.74) is -1.12. The summed E-state index contributed by atoms with van der Waals surface area (Å²) < 4.78 is 0. The standard InChI is InChI=1S/C17H26O3/c1-15(10-18)12-6-4-11-5-7-14(20)17(11,3)16(12,2)9-8-13(15)19/h10-13,19H,4-9H2,1-3H3/t11-,12-,13-,15-,16-,17+/m0/s1. The number of aliphatic hydroxyl groups is 1. The molecule has 0 aromatic heterocycles. The van der Waals surface area contributed by atoms with Gasteiger partial charge in [0, 0.05) is 11.8 Å². The normalized spacial score (nSPS) is 55.2. The SMILES string of the molecule is C[C@@]1(C=O)[C@@H](O)CC[C@@]2(C)[C@H]1CC[C@H]1CCC(=O)[C@@]12C. The van der Waals surface area contributed by atoms with E-state index in [1.54, 1.807) is 0 Å². The summed E-state index contributed by atoms with van der Waals surface area (Å²) in [5, 5.41) is 10.4. The topological polar surface area (TPSA) is 54.4 Å². The van der Waals surface area contributed by atoms with Crippen LogP contribution in [0.2, 0.25) is 0 Å². The summed E-state index contributed by atoms with van der Waals surface area (Å²) in [6.07, 6.45) is 5.60. The minimum Gasteiger partial charge on any atom is -0.392 e. The number of hydrogen-bond acceptors (Lipinski definition) is 3. The number of ketones is 1. The highest BCUT2D eigenvalue weighted by Gasteiger charge is 2.67. The van der Waals surface area contributed by atoms with E-state index in [1.165, 1.54) is 0 Å². The third kappa shape index (κ3) is 1.40. The molecule has 3 aliphatic rings. The Labute approximate surface area is 121 Å². The van der Waals surface area contributed by atoms with Crippen LogP contribution in [0.4, 0.5) is 0 Å². The van der Waals surface area contributed by atoms with Gasteiger partial charge in [0.2, 0.25) is 0 Å². The number of rotatable bonds is 1. The molecule has 0 spiro atoms. The number of Topliss-reactive ketones (excluding diaryl/α,β-unsaturated/α-hetero) is 1. The Morgan fingerprint density at radius 2 is 1.85 bits per heavy atom. The van der Waals surface area contributed by atoms with Crippen molar-refractivity contribution in [1.82, 2.24) is 0 Å². The lowest BCUT2D eigenvalue weighted by Crippen LogP contribution is -2.62. The molecule has 3 rings (SSSR count). The van der Waals surface area contributed by atoms with Crippen LogP contribution in [0, 0.1) is 28.1 Å². The zero-order chi connectivity index (χ0) is 14.8. The highest BCUT2D eigenvalue weighted by molar-refractivity contribution is 5.88. The maximum absolute atomic E-state index is 12.6. The van der Waals surface area contributed by atoms with Crippen LogP contribution in [0.5, 0.6) is 0 Å². The Balaban J connectivity index is 2.10. The highest BCUT2D eigenvalue weighted by atomic mass is 16.3. The molecule has 3 aliphatic carbocycles. The van der Waals surface area contributed by atoms with Crippen molar-refractivity contribution in [3.8, 4) is 0 Å². The predicted octanol–water partition coefficient (Wildman–Crippen LogP) is 2.75. The van der Waals surface area contributed by atoms with Gasteiger partial charge in [-0.25, -0.2) is 0 Å². The Morgan fingerprint density at radius 3 is 2.50 bits per heavy atom. The first-order chi connectivity index (χ1) is 9.30. The van der Waals surface area contributed by atoms with E-state index in [0.717, 1.165) is 32.0 Å². The third-order valence-electron chi connectivity index (χ3n) is 7.53. The van der Waals surface area contributed by atoms with E-state index in [2.05, 4.69) is 13.8 Å². The molecule has 6 atom stereocenters. The third-order valence-corrected chi connectivity index (χ3v) is 7.53. The van der Waals surface area contributed by atoms with Crippen LogP contribution in [0.1, 0.15) is 59.3 Å². The van der Waals surface area contributed by atoms with Crippen LogP contribution < -0.4 is 0 Å². The van der Waals surface area contributed by atoms with Gasteiger partial charge in [-0.05, 0) is 49.4 Å². The molecule has 3 fully saturated rings. The van der Waals surface area contributed by atoms with Gasteiger partial charge in [-0.15, -0.1) is 0 Å². The summed E-state index contributed by atoms with van der Waals surface area (Å²) in [6.45, 7) is 6.25. The molecule has 0 aromatic carbocycles. The Kier molecular flexibility index (Phi) is 2.96. The van der Waals surface area contributed by atoms with Crippen LogP contribution in [0.3, 0.4) is 0 Å². The quantitative estimate of drug-likeness (QED) is 0.750. The van der Waals surface area contributed by atoms with Crippen molar-refractivity contribution in [1.29, 1.82) is 0 Å². The van der Waals surface area contributed by atoms with Gasteiger partial charge in [-0.1, -0.05) is 20.8 Å². The molecule has 0 radical (unpaired) electrons. The lowest BCUT2D eigenvalue weighted by Gasteiger charge is -2.62. The second-order valence-electron chi connectivity index (χ2n) is 7.95. The van der Waals surface area contributed by atoms with Crippen LogP contribution in [-0.2, 0) is 9.59 Å². The van der Waals surface area contributed by atoms with Crippen LogP contribution in [0.25, 0.3) is 0 Å². The van der Waals surface area contributed by atoms with Crippen molar-refractivity contribution in [3.63, 3.8) is 0 Å². The van der Waals surface area contributed by atoms with Gasteiger partial charge in [0.25, 0.3) is 0 Å². The van der Waals surface area contributed by atoms with E-state index in [4.69, 9.17) is 0 Å². The maximum Gasteiger partial charge on any atom is 0.139 e. The number of carbonyl (C=O) groups is 2. The molecule has 0 heterocycles. The predicted molar refractivity (Wildman–Crippen MR) is 76.1 cm³/mol. The van der Waals surface area contributed by atoms with Crippen LogP contribution >= 0.6 is 0 Å². The summed E-state index contributed by atoms with van der Waals surface area (Å²) in [6, 6.07) is 0. The van der Waals surface area contributed by atoms with Crippen molar-refractivity contribution in [2.24, 2.45) is 28.1 Å². The lowest BCUT2D eigenvalue weighted by molar-refractivity contribution is -0.186. The number of aldehydes is 1. The van der Waals surface area contributed by atoms with Gasteiger partial charge < -0.3 is 9.90 Å². The van der Waals surface area contributed by atoms with E-state index >= 15 is 0 Å². The fraction of sp³-hybridized carbons (Fsp3) is 0.882. The average Bonchev–Trinajstić information content (AvgIpc) is 2.73. The van der Waals surface area contributed by atoms with Crippen LogP contribution in [0.15, 0.2) is 0 Å². The largest absolute Gasteiger partial charge is 0.392 e. The molecular weight excluding hydrogens is 252 g/mol. The molecule has 3 saturated carbocycles. The summed E-state index contributed by atoms with van der Waals surface area (Å²) in [5.74, 6) is 0.987. The van der Waals surface area contributed by atoms with Crippen LogP contribution in [-0.4, -0.2) is 23.3 Å². The van der Waals surface area contributed by atoms with E-state index < -0.39 is 11.5 Å². The minimum absolute atomic E-state index is 0.125. The average molecular weight is 278 g/mol. The van der Waals surface area contributed by atoms with Gasteiger partial charge in [-0.2, -0.15) is 0 Å². The van der Waals surface area contributed by atoms with E-state index in [9.17, 15) is 14.7 Å². The minimum atomic E-state index is -0.691. The van der Waals surface area contributed by atoms with Gasteiger partial charge in [0.15, 0.2) is 0 Å². The van der Waals surface area contributed by atoms with Gasteiger partial charge >= 0.3 is 0 Å². The molecule has 0 aromatic rings.